The molecule has 0 saturated heterocycles. The second-order valence-corrected chi connectivity index (χ2v) is 7.72. The highest BCUT2D eigenvalue weighted by atomic mass is 16.6. The van der Waals surface area contributed by atoms with Crippen molar-refractivity contribution in [1.82, 2.24) is 0 Å². The van der Waals surface area contributed by atoms with Crippen molar-refractivity contribution in [3.05, 3.63) is 102 Å². The molecule has 6 heteroatoms. The standard InChI is InChI=1S/C28H23N3O3/c1-19-13-15-21(16-14-19)20(2)31-33-18-25(32)30-28-24(17-29)26(22-9-5-3-6-10-22)27(34-28)23-11-7-4-8-12-23/h3-16H,18H2,1-2H3,(H,30,32). The van der Waals surface area contributed by atoms with Crippen LogP contribution < -0.4 is 5.32 Å². The Hall–Kier alpha value is -4.63. The van der Waals surface area contributed by atoms with Crippen LogP contribution in [0.15, 0.2) is 94.5 Å². The summed E-state index contributed by atoms with van der Waals surface area (Å²) in [5, 5.41) is 16.6. The second-order valence-electron chi connectivity index (χ2n) is 7.72. The summed E-state index contributed by atoms with van der Waals surface area (Å²) in [6.07, 6.45) is 0. The van der Waals surface area contributed by atoms with Crippen molar-refractivity contribution >= 4 is 17.5 Å². The number of nitrogens with zero attached hydrogens (tertiary/aromatic N) is 2. The summed E-state index contributed by atoms with van der Waals surface area (Å²) >= 11 is 0. The van der Waals surface area contributed by atoms with Crippen molar-refractivity contribution in [2.24, 2.45) is 5.16 Å². The first kappa shape index (κ1) is 22.6. The van der Waals surface area contributed by atoms with Gasteiger partial charge in [0, 0.05) is 11.1 Å². The molecule has 0 aliphatic rings. The molecule has 168 valence electrons. The van der Waals surface area contributed by atoms with Crippen molar-refractivity contribution in [2.75, 3.05) is 11.9 Å². The summed E-state index contributed by atoms with van der Waals surface area (Å²) in [5.74, 6) is 0.103. The Morgan fingerprint density at radius 1 is 0.971 bits per heavy atom. The predicted octanol–water partition coefficient (Wildman–Crippen LogP) is 6.17. The van der Waals surface area contributed by atoms with Gasteiger partial charge in [0.15, 0.2) is 6.61 Å². The first-order valence-electron chi connectivity index (χ1n) is 10.8. The molecule has 4 rings (SSSR count). The molecule has 3 aromatic carbocycles. The summed E-state index contributed by atoms with van der Waals surface area (Å²) in [6.45, 7) is 3.49. The Balaban J connectivity index is 1.56. The highest BCUT2D eigenvalue weighted by Gasteiger charge is 2.24. The number of aryl methyl sites for hydroxylation is 1. The number of benzene rings is 3. The summed E-state index contributed by atoms with van der Waals surface area (Å²) in [7, 11) is 0. The Morgan fingerprint density at radius 3 is 2.21 bits per heavy atom. The minimum Gasteiger partial charge on any atom is -0.438 e. The van der Waals surface area contributed by atoms with Crippen LogP contribution in [0.1, 0.15) is 23.6 Å². The van der Waals surface area contributed by atoms with Gasteiger partial charge in [-0.1, -0.05) is 95.6 Å². The third kappa shape index (κ3) is 5.05. The van der Waals surface area contributed by atoms with E-state index in [1.807, 2.05) is 91.9 Å². The summed E-state index contributed by atoms with van der Waals surface area (Å²) in [5.41, 5.74) is 5.19. The molecule has 0 unspecified atom stereocenters. The zero-order valence-electron chi connectivity index (χ0n) is 18.9. The van der Waals surface area contributed by atoms with E-state index in [2.05, 4.69) is 16.5 Å². The lowest BCUT2D eigenvalue weighted by Crippen LogP contribution is -2.17. The van der Waals surface area contributed by atoms with Crippen LogP contribution in [0.4, 0.5) is 5.88 Å². The largest absolute Gasteiger partial charge is 0.438 e. The molecule has 1 N–H and O–H groups in total. The van der Waals surface area contributed by atoms with Crippen molar-refractivity contribution in [1.29, 1.82) is 5.26 Å². The number of hydrogen-bond donors (Lipinski definition) is 1. The monoisotopic (exact) mass is 449 g/mol. The molecule has 6 nitrogen and oxygen atoms in total. The average Bonchev–Trinajstić information content (AvgIpc) is 3.23. The van der Waals surface area contributed by atoms with Gasteiger partial charge in [0.05, 0.1) is 5.71 Å². The lowest BCUT2D eigenvalue weighted by Gasteiger charge is -2.04. The maximum Gasteiger partial charge on any atom is 0.267 e. The van der Waals surface area contributed by atoms with Crippen LogP contribution in [-0.2, 0) is 9.63 Å². The van der Waals surface area contributed by atoms with Gasteiger partial charge in [0.1, 0.15) is 17.4 Å². The smallest absolute Gasteiger partial charge is 0.267 e. The molecular formula is C28H23N3O3. The number of hydrogen-bond acceptors (Lipinski definition) is 5. The molecule has 0 atom stereocenters. The molecule has 34 heavy (non-hydrogen) atoms. The number of furan rings is 1. The average molecular weight is 450 g/mol. The van der Waals surface area contributed by atoms with E-state index in [1.165, 1.54) is 0 Å². The second kappa shape index (κ2) is 10.3. The van der Waals surface area contributed by atoms with Gasteiger partial charge in [-0.2, -0.15) is 5.26 Å². The van der Waals surface area contributed by atoms with Gasteiger partial charge in [-0.3, -0.25) is 10.1 Å². The van der Waals surface area contributed by atoms with Crippen LogP contribution >= 0.6 is 0 Å². The van der Waals surface area contributed by atoms with Gasteiger partial charge in [0.25, 0.3) is 5.91 Å². The first-order valence-corrected chi connectivity index (χ1v) is 10.8. The van der Waals surface area contributed by atoms with Crippen molar-refractivity contribution in [2.45, 2.75) is 13.8 Å². The van der Waals surface area contributed by atoms with Crippen molar-refractivity contribution in [3.8, 4) is 28.5 Å². The normalized spacial score (nSPS) is 11.0. The van der Waals surface area contributed by atoms with E-state index in [-0.39, 0.29) is 18.1 Å². The molecule has 1 heterocycles. The fourth-order valence-corrected chi connectivity index (χ4v) is 3.50. The van der Waals surface area contributed by atoms with Gasteiger partial charge >= 0.3 is 0 Å². The Labute approximate surface area is 198 Å². The lowest BCUT2D eigenvalue weighted by molar-refractivity contribution is -0.120. The van der Waals surface area contributed by atoms with Crippen molar-refractivity contribution < 1.29 is 14.0 Å². The van der Waals surface area contributed by atoms with Crippen LogP contribution in [0.25, 0.3) is 22.5 Å². The maximum atomic E-state index is 12.6. The summed E-state index contributed by atoms with van der Waals surface area (Å²) < 4.78 is 6.01. The minimum absolute atomic E-state index is 0.0769. The van der Waals surface area contributed by atoms with Crippen LogP contribution in [0, 0.1) is 18.3 Å². The fourth-order valence-electron chi connectivity index (χ4n) is 3.50. The molecule has 0 bridgehead atoms. The number of rotatable bonds is 7. The molecule has 1 aromatic heterocycles. The van der Waals surface area contributed by atoms with E-state index in [1.54, 1.807) is 6.92 Å². The van der Waals surface area contributed by atoms with Gasteiger partial charge in [0.2, 0.25) is 5.88 Å². The third-order valence-electron chi connectivity index (χ3n) is 5.24. The highest BCUT2D eigenvalue weighted by molar-refractivity contribution is 5.99. The molecule has 0 fully saturated rings. The third-order valence-corrected chi connectivity index (χ3v) is 5.24. The van der Waals surface area contributed by atoms with E-state index in [9.17, 15) is 10.1 Å². The lowest BCUT2D eigenvalue weighted by atomic mass is 9.98. The van der Waals surface area contributed by atoms with Crippen molar-refractivity contribution in [3.63, 3.8) is 0 Å². The molecule has 0 saturated carbocycles. The van der Waals surface area contributed by atoms with E-state index in [4.69, 9.17) is 9.25 Å². The topological polar surface area (TPSA) is 87.6 Å². The molecular weight excluding hydrogens is 426 g/mol. The molecule has 4 aromatic rings. The Bertz CT molecular complexity index is 1350. The zero-order chi connectivity index (χ0) is 23.9. The van der Waals surface area contributed by atoms with Gasteiger partial charge in [-0.25, -0.2) is 0 Å². The number of oxime groups is 1. The summed E-state index contributed by atoms with van der Waals surface area (Å²) in [6, 6.07) is 29.0. The number of nitriles is 1. The van der Waals surface area contributed by atoms with Crippen LogP contribution in [0.5, 0.6) is 0 Å². The molecule has 1 amide bonds. The minimum atomic E-state index is -0.482. The van der Waals surface area contributed by atoms with Gasteiger partial charge in [-0.05, 0) is 25.0 Å². The molecule has 0 aliphatic carbocycles. The number of nitrogens with one attached hydrogen (secondary N) is 1. The number of anilines is 1. The number of carbonyl (C=O) groups is 1. The Kier molecular flexibility index (Phi) is 6.85. The zero-order valence-corrected chi connectivity index (χ0v) is 18.9. The fraction of sp³-hybridized carbons (Fsp3) is 0.107. The van der Waals surface area contributed by atoms with Crippen LogP contribution in [0.2, 0.25) is 0 Å². The highest BCUT2D eigenvalue weighted by Crippen LogP contribution is 2.41. The SMILES string of the molecule is CC(=NOCC(=O)Nc1oc(-c2ccccc2)c(-c2ccccc2)c1C#N)c1ccc(C)cc1. The summed E-state index contributed by atoms with van der Waals surface area (Å²) in [4.78, 5) is 17.8. The quantitative estimate of drug-likeness (QED) is 0.270. The first-order chi connectivity index (χ1) is 16.6. The van der Waals surface area contributed by atoms with E-state index < -0.39 is 5.91 Å². The van der Waals surface area contributed by atoms with Crippen LogP contribution in [0.3, 0.4) is 0 Å². The predicted molar refractivity (Wildman–Crippen MR) is 132 cm³/mol. The van der Waals surface area contributed by atoms with Gasteiger partial charge < -0.3 is 9.25 Å². The maximum absolute atomic E-state index is 12.6. The van der Waals surface area contributed by atoms with E-state index in [0.717, 1.165) is 22.3 Å². The number of amides is 1. The van der Waals surface area contributed by atoms with E-state index >= 15 is 0 Å². The van der Waals surface area contributed by atoms with E-state index in [0.29, 0.717) is 17.0 Å². The molecule has 0 spiro atoms. The molecule has 0 radical (unpaired) electrons. The Morgan fingerprint density at radius 2 is 1.59 bits per heavy atom. The van der Waals surface area contributed by atoms with Crippen LogP contribution in [-0.4, -0.2) is 18.2 Å². The number of carbonyl (C=O) groups excluding carboxylic acids is 1. The van der Waals surface area contributed by atoms with Gasteiger partial charge in [-0.15, -0.1) is 0 Å². The molecule has 0 aliphatic heterocycles.